The normalized spacial score (nSPS) is 22.2. The molecular formula is C44H51N11O4. The molecule has 0 bridgehead atoms. The maximum absolute atomic E-state index is 13.3. The lowest BCUT2D eigenvalue weighted by molar-refractivity contribution is -0.135. The second kappa shape index (κ2) is 18.5. The average molecular weight is 798 g/mol. The fourth-order valence-corrected chi connectivity index (χ4v) is 8.17. The van der Waals surface area contributed by atoms with Crippen LogP contribution in [0.2, 0.25) is 0 Å². The SMILES string of the molecule is Cc1ccc(C(=N)/C(=C\N[C@H]2CC[C@H](CN3CCN(CC#Cc4cccc5c4n(C)c(=O)n5C4CCC(=O)NC4=O)CC3)CC2)NC(=O)/C(C=N)=C2\N=CC=CN2)cc1. The summed E-state index contributed by atoms with van der Waals surface area (Å²) in [6.07, 6.45) is 12.2. The Hall–Kier alpha value is -6.37. The average Bonchev–Trinajstić information content (AvgIpc) is 3.50. The molecule has 7 rings (SSSR count). The molecule has 306 valence electrons. The van der Waals surface area contributed by atoms with E-state index in [4.69, 9.17) is 10.8 Å². The van der Waals surface area contributed by atoms with Gasteiger partial charge in [0.1, 0.15) is 11.9 Å². The Morgan fingerprint density at radius 1 is 1.00 bits per heavy atom. The van der Waals surface area contributed by atoms with Gasteiger partial charge in [0.2, 0.25) is 11.8 Å². The third-order valence-corrected chi connectivity index (χ3v) is 11.5. The van der Waals surface area contributed by atoms with Crippen LogP contribution in [0.5, 0.6) is 0 Å². The van der Waals surface area contributed by atoms with Crippen molar-refractivity contribution < 1.29 is 14.4 Å². The molecular weight excluding hydrogens is 747 g/mol. The molecule has 6 N–H and O–H groups in total. The smallest absolute Gasteiger partial charge is 0.329 e. The van der Waals surface area contributed by atoms with Crippen molar-refractivity contribution in [2.75, 3.05) is 39.3 Å². The number of carbonyl (C=O) groups excluding carboxylic acids is 3. The summed E-state index contributed by atoms with van der Waals surface area (Å²) in [5, 5.41) is 28.5. The summed E-state index contributed by atoms with van der Waals surface area (Å²) in [4.78, 5) is 60.0. The number of allylic oxidation sites excluding steroid dienone is 2. The number of rotatable bonds is 11. The molecule has 1 saturated carbocycles. The first-order valence-electron chi connectivity index (χ1n) is 20.2. The highest BCUT2D eigenvalue weighted by molar-refractivity contribution is 6.17. The van der Waals surface area contributed by atoms with Gasteiger partial charge in [-0.05, 0) is 63.2 Å². The van der Waals surface area contributed by atoms with E-state index in [1.54, 1.807) is 31.7 Å². The van der Waals surface area contributed by atoms with Crippen molar-refractivity contribution in [3.05, 3.63) is 105 Å². The minimum atomic E-state index is -0.734. The number of carbonyl (C=O) groups is 3. The van der Waals surface area contributed by atoms with Crippen LogP contribution < -0.4 is 27.0 Å². The van der Waals surface area contributed by atoms with Crippen LogP contribution in [-0.4, -0.2) is 100 Å². The number of imide groups is 1. The number of nitrogens with zero attached hydrogens (tertiary/aromatic N) is 5. The van der Waals surface area contributed by atoms with Gasteiger partial charge in [-0.15, -0.1) is 0 Å². The molecule has 15 nitrogen and oxygen atoms in total. The predicted octanol–water partition coefficient (Wildman–Crippen LogP) is 2.82. The molecule has 0 spiro atoms. The van der Waals surface area contributed by atoms with Crippen LogP contribution in [0.1, 0.15) is 61.3 Å². The number of hydrogen-bond acceptors (Lipinski definition) is 11. The molecule has 3 aromatic rings. The van der Waals surface area contributed by atoms with Crippen LogP contribution in [-0.2, 0) is 21.4 Å². The number of piperidine rings is 1. The number of fused-ring (bicyclic) bond motifs is 1. The molecule has 3 aliphatic heterocycles. The van der Waals surface area contributed by atoms with Crippen molar-refractivity contribution in [1.29, 1.82) is 10.8 Å². The van der Waals surface area contributed by atoms with Crippen LogP contribution in [0.4, 0.5) is 0 Å². The summed E-state index contributed by atoms with van der Waals surface area (Å²) >= 11 is 0. The summed E-state index contributed by atoms with van der Waals surface area (Å²) in [5.41, 5.74) is 4.04. The van der Waals surface area contributed by atoms with Crippen molar-refractivity contribution in [2.24, 2.45) is 18.0 Å². The van der Waals surface area contributed by atoms with E-state index in [9.17, 15) is 19.2 Å². The standard InChI is InChI=1S/C44H51N11O4/c1-29-9-13-31(14-10-29)39(46)35(50-42(57)34(26-45)41-47-19-5-20-48-41)27-49-33-15-11-30(12-16-33)28-54-24-22-53(23-25-54)21-4-7-32-6-3-8-36-40(32)52(2)44(59)55(36)37-17-18-38(56)51-43(37)58/h3,5-6,8-10,13-14,19-20,26-27,30,33,37,45-47,49H,11-12,15-18,21-25,28H2,1-2H3,(H,50,57)(H,51,56,58)/b35-27+,41-34-,45-26?,46-39?/t30-,33-,37?. The molecule has 4 aliphatic rings. The number of piperazine rings is 1. The maximum Gasteiger partial charge on any atom is 0.329 e. The summed E-state index contributed by atoms with van der Waals surface area (Å²) in [7, 11) is 1.69. The number of nitrogens with one attached hydrogen (secondary N) is 6. The summed E-state index contributed by atoms with van der Waals surface area (Å²) in [6, 6.07) is 12.6. The zero-order chi connectivity index (χ0) is 41.5. The number of imidazole rings is 1. The van der Waals surface area contributed by atoms with Crippen LogP contribution in [0.3, 0.4) is 0 Å². The largest absolute Gasteiger partial charge is 0.386 e. The van der Waals surface area contributed by atoms with Gasteiger partial charge in [0.25, 0.3) is 5.91 Å². The van der Waals surface area contributed by atoms with Crippen molar-refractivity contribution in [1.82, 2.24) is 40.2 Å². The second-order valence-corrected chi connectivity index (χ2v) is 15.6. The van der Waals surface area contributed by atoms with Gasteiger partial charge >= 0.3 is 5.69 Å². The monoisotopic (exact) mass is 797 g/mol. The third kappa shape index (κ3) is 9.51. The number of benzene rings is 2. The van der Waals surface area contributed by atoms with Gasteiger partial charge in [-0.25, -0.2) is 9.79 Å². The molecule has 4 heterocycles. The molecule has 1 unspecified atom stereocenters. The molecule has 15 heteroatoms. The molecule has 2 saturated heterocycles. The Morgan fingerprint density at radius 2 is 1.75 bits per heavy atom. The van der Waals surface area contributed by atoms with E-state index >= 15 is 0 Å². The minimum Gasteiger partial charge on any atom is -0.386 e. The van der Waals surface area contributed by atoms with Gasteiger partial charge in [0.15, 0.2) is 0 Å². The van der Waals surface area contributed by atoms with E-state index in [1.165, 1.54) is 9.13 Å². The Labute approximate surface area is 343 Å². The molecule has 3 fully saturated rings. The van der Waals surface area contributed by atoms with Crippen LogP contribution in [0.15, 0.2) is 87.8 Å². The van der Waals surface area contributed by atoms with Crippen LogP contribution >= 0.6 is 0 Å². The highest BCUT2D eigenvalue weighted by Crippen LogP contribution is 2.27. The maximum atomic E-state index is 13.3. The van der Waals surface area contributed by atoms with E-state index < -0.39 is 17.9 Å². The van der Waals surface area contributed by atoms with E-state index in [0.717, 1.165) is 75.7 Å². The number of amides is 3. The van der Waals surface area contributed by atoms with Gasteiger partial charge < -0.3 is 26.3 Å². The zero-order valence-electron chi connectivity index (χ0n) is 33.5. The molecule has 3 amide bonds. The molecule has 1 aliphatic carbocycles. The molecule has 1 atom stereocenters. The van der Waals surface area contributed by atoms with Crippen LogP contribution in [0, 0.1) is 35.5 Å². The molecule has 1 aromatic heterocycles. The quantitative estimate of drug-likeness (QED) is 0.0739. The Morgan fingerprint density at radius 3 is 2.44 bits per heavy atom. The number of aryl methyl sites for hydroxylation is 2. The highest BCUT2D eigenvalue weighted by Gasteiger charge is 2.32. The highest BCUT2D eigenvalue weighted by atomic mass is 16.2. The lowest BCUT2D eigenvalue weighted by Crippen LogP contribution is -2.48. The second-order valence-electron chi connectivity index (χ2n) is 15.6. The van der Waals surface area contributed by atoms with Gasteiger partial charge in [0, 0.05) is 82.6 Å². The minimum absolute atomic E-state index is 0.0610. The molecule has 59 heavy (non-hydrogen) atoms. The molecule has 0 radical (unpaired) electrons. The van der Waals surface area contributed by atoms with Crippen LogP contribution in [0.25, 0.3) is 11.0 Å². The number of aliphatic imine (C=N–C) groups is 1. The lowest BCUT2D eigenvalue weighted by atomic mass is 9.85. The summed E-state index contributed by atoms with van der Waals surface area (Å²) < 4.78 is 3.02. The van der Waals surface area contributed by atoms with E-state index in [2.05, 4.69) is 47.9 Å². The van der Waals surface area contributed by atoms with Gasteiger partial charge in [-0.1, -0.05) is 47.7 Å². The lowest BCUT2D eigenvalue weighted by Gasteiger charge is -2.37. The van der Waals surface area contributed by atoms with Gasteiger partial charge in [0.05, 0.1) is 40.1 Å². The van der Waals surface area contributed by atoms with Gasteiger partial charge in [-0.2, -0.15) is 0 Å². The topological polar surface area (TPSA) is 193 Å². The first-order valence-corrected chi connectivity index (χ1v) is 20.2. The Bertz CT molecular complexity index is 2380. The first kappa shape index (κ1) is 40.8. The number of para-hydroxylation sites is 1. The summed E-state index contributed by atoms with van der Waals surface area (Å²) in [6.45, 7) is 7.43. The van der Waals surface area contributed by atoms with E-state index in [1.807, 2.05) is 49.4 Å². The van der Waals surface area contributed by atoms with E-state index in [-0.39, 0.29) is 47.6 Å². The first-order chi connectivity index (χ1) is 28.6. The molecule has 2 aromatic carbocycles. The van der Waals surface area contributed by atoms with Crippen molar-refractivity contribution in [2.45, 2.75) is 57.5 Å². The fourth-order valence-electron chi connectivity index (χ4n) is 8.17. The predicted molar refractivity (Wildman–Crippen MR) is 228 cm³/mol. The number of hydrogen-bond donors (Lipinski definition) is 6. The summed E-state index contributed by atoms with van der Waals surface area (Å²) in [5.74, 6) is 6.17. The Balaban J connectivity index is 0.903. The van der Waals surface area contributed by atoms with Crippen molar-refractivity contribution in [3.63, 3.8) is 0 Å². The number of aromatic nitrogens is 2. The fraction of sp³-hybridized carbons (Fsp3) is 0.386. The zero-order valence-corrected chi connectivity index (χ0v) is 33.5. The van der Waals surface area contributed by atoms with E-state index in [0.29, 0.717) is 34.8 Å². The van der Waals surface area contributed by atoms with Gasteiger partial charge in [-0.3, -0.25) is 39.1 Å². The Kier molecular flexibility index (Phi) is 12.8. The van der Waals surface area contributed by atoms with Crippen molar-refractivity contribution in [3.8, 4) is 11.8 Å². The third-order valence-electron chi connectivity index (χ3n) is 11.5. The van der Waals surface area contributed by atoms with Crippen molar-refractivity contribution >= 4 is 46.9 Å².